The molecule has 1 rings (SSSR count). The van der Waals surface area contributed by atoms with Gasteiger partial charge >= 0.3 is 0 Å². The first-order valence-corrected chi connectivity index (χ1v) is 9.62. The molecular weight excluding hydrogens is 415 g/mol. The van der Waals surface area contributed by atoms with Crippen LogP contribution in [0.2, 0.25) is 0 Å². The summed E-state index contributed by atoms with van der Waals surface area (Å²) in [5.41, 5.74) is 0. The van der Waals surface area contributed by atoms with Crippen LogP contribution < -0.4 is 10.6 Å². The van der Waals surface area contributed by atoms with Crippen molar-refractivity contribution in [2.24, 2.45) is 10.9 Å². The molecule has 24 heavy (non-hydrogen) atoms. The van der Waals surface area contributed by atoms with E-state index in [4.69, 9.17) is 9.73 Å². The summed E-state index contributed by atoms with van der Waals surface area (Å²) in [5.74, 6) is 1.67. The highest BCUT2D eigenvalue weighted by Gasteiger charge is 2.21. The lowest BCUT2D eigenvalue weighted by molar-refractivity contribution is 0.129. The number of unbranched alkanes of at least 4 members (excludes halogenated alkanes) is 1. The molecule has 0 saturated carbocycles. The molecular formula is C18H39IN4O. The number of hydrogen-bond acceptors (Lipinski definition) is 3. The van der Waals surface area contributed by atoms with Crippen molar-refractivity contribution in [3.05, 3.63) is 0 Å². The van der Waals surface area contributed by atoms with Crippen LogP contribution in [0.4, 0.5) is 0 Å². The Morgan fingerprint density at radius 1 is 1.12 bits per heavy atom. The van der Waals surface area contributed by atoms with Gasteiger partial charge in [-0.05, 0) is 51.6 Å². The quantitative estimate of drug-likeness (QED) is 0.206. The molecule has 2 N–H and O–H groups in total. The molecule has 1 saturated heterocycles. The van der Waals surface area contributed by atoms with Crippen molar-refractivity contribution in [1.82, 2.24) is 15.5 Å². The number of aliphatic imine (C=N–C) groups is 1. The van der Waals surface area contributed by atoms with E-state index in [1.165, 1.54) is 38.9 Å². The number of rotatable bonds is 12. The van der Waals surface area contributed by atoms with E-state index in [9.17, 15) is 0 Å². The zero-order valence-corrected chi connectivity index (χ0v) is 18.3. The van der Waals surface area contributed by atoms with Crippen LogP contribution >= 0.6 is 24.0 Å². The molecule has 0 aromatic heterocycles. The van der Waals surface area contributed by atoms with Gasteiger partial charge in [0.1, 0.15) is 0 Å². The predicted octanol–water partition coefficient (Wildman–Crippen LogP) is 3.10. The Kier molecular flexibility index (Phi) is 16.3. The minimum Gasteiger partial charge on any atom is -0.381 e. The van der Waals surface area contributed by atoms with E-state index in [0.29, 0.717) is 0 Å². The SMILES string of the molecule is CCCCOCCCNC(=NCC1CCN(CCC)C1)NCC.I. The normalized spacial score (nSPS) is 18.5. The summed E-state index contributed by atoms with van der Waals surface area (Å²) in [6.45, 7) is 14.7. The van der Waals surface area contributed by atoms with E-state index >= 15 is 0 Å². The first-order chi connectivity index (χ1) is 11.3. The zero-order chi connectivity index (χ0) is 16.8. The van der Waals surface area contributed by atoms with Crippen molar-refractivity contribution in [3.63, 3.8) is 0 Å². The smallest absolute Gasteiger partial charge is 0.191 e. The van der Waals surface area contributed by atoms with Gasteiger partial charge in [0.15, 0.2) is 5.96 Å². The van der Waals surface area contributed by atoms with E-state index in [1.54, 1.807) is 0 Å². The van der Waals surface area contributed by atoms with Crippen LogP contribution in [-0.2, 0) is 4.74 Å². The second-order valence-corrected chi connectivity index (χ2v) is 6.42. The highest BCUT2D eigenvalue weighted by Crippen LogP contribution is 2.16. The lowest BCUT2D eigenvalue weighted by Gasteiger charge is -2.15. The van der Waals surface area contributed by atoms with E-state index in [1.807, 2.05) is 0 Å². The Balaban J connectivity index is 0.00000529. The maximum atomic E-state index is 5.59. The first-order valence-electron chi connectivity index (χ1n) is 9.62. The third kappa shape index (κ3) is 11.5. The van der Waals surface area contributed by atoms with E-state index < -0.39 is 0 Å². The minimum absolute atomic E-state index is 0. The van der Waals surface area contributed by atoms with Crippen molar-refractivity contribution < 1.29 is 4.74 Å². The Bertz CT molecular complexity index is 315. The van der Waals surface area contributed by atoms with Crippen molar-refractivity contribution >= 4 is 29.9 Å². The molecule has 1 heterocycles. The third-order valence-electron chi connectivity index (χ3n) is 4.16. The standard InChI is InChI=1S/C18H38N4O.HI/c1-4-7-13-23-14-8-10-20-18(19-6-3)21-15-17-9-12-22(16-17)11-5-2;/h17H,4-16H2,1-3H3,(H2,19,20,21);1H. The summed E-state index contributed by atoms with van der Waals surface area (Å²) >= 11 is 0. The summed E-state index contributed by atoms with van der Waals surface area (Å²) in [5, 5.41) is 6.76. The molecule has 0 bridgehead atoms. The summed E-state index contributed by atoms with van der Waals surface area (Å²) in [4.78, 5) is 7.33. The fourth-order valence-corrected chi connectivity index (χ4v) is 2.87. The zero-order valence-electron chi connectivity index (χ0n) is 16.0. The number of nitrogens with zero attached hydrogens (tertiary/aromatic N) is 2. The maximum Gasteiger partial charge on any atom is 0.191 e. The Labute approximate surface area is 166 Å². The van der Waals surface area contributed by atoms with Gasteiger partial charge in [-0.1, -0.05) is 20.3 Å². The topological polar surface area (TPSA) is 48.9 Å². The second-order valence-electron chi connectivity index (χ2n) is 6.42. The number of hydrogen-bond donors (Lipinski definition) is 2. The largest absolute Gasteiger partial charge is 0.381 e. The average Bonchev–Trinajstić information content (AvgIpc) is 2.99. The molecule has 0 aromatic carbocycles. The van der Waals surface area contributed by atoms with Crippen LogP contribution in [0.3, 0.4) is 0 Å². The van der Waals surface area contributed by atoms with Crippen LogP contribution in [0.1, 0.15) is 52.9 Å². The van der Waals surface area contributed by atoms with Crippen LogP contribution in [0.25, 0.3) is 0 Å². The summed E-state index contributed by atoms with van der Waals surface area (Å²) in [6, 6.07) is 0. The van der Waals surface area contributed by atoms with Gasteiger partial charge in [0.2, 0.25) is 0 Å². The third-order valence-corrected chi connectivity index (χ3v) is 4.16. The van der Waals surface area contributed by atoms with E-state index in [2.05, 4.69) is 36.3 Å². The number of ether oxygens (including phenoxy) is 1. The van der Waals surface area contributed by atoms with Gasteiger partial charge in [0.05, 0.1) is 0 Å². The lowest BCUT2D eigenvalue weighted by Crippen LogP contribution is -2.38. The van der Waals surface area contributed by atoms with Crippen molar-refractivity contribution in [2.45, 2.75) is 52.9 Å². The minimum atomic E-state index is 0. The molecule has 1 aliphatic rings. The number of nitrogens with one attached hydrogen (secondary N) is 2. The fourth-order valence-electron chi connectivity index (χ4n) is 2.87. The van der Waals surface area contributed by atoms with Crippen LogP contribution in [-0.4, -0.2) is 63.3 Å². The molecule has 1 fully saturated rings. The number of likely N-dealkylation sites (tertiary alicyclic amines) is 1. The summed E-state index contributed by atoms with van der Waals surface area (Å²) in [6.07, 6.45) is 5.93. The molecule has 144 valence electrons. The van der Waals surface area contributed by atoms with Gasteiger partial charge in [-0.3, -0.25) is 4.99 Å². The van der Waals surface area contributed by atoms with Crippen molar-refractivity contribution in [2.75, 3.05) is 52.5 Å². The monoisotopic (exact) mass is 454 g/mol. The summed E-state index contributed by atoms with van der Waals surface area (Å²) in [7, 11) is 0. The molecule has 0 aromatic rings. The van der Waals surface area contributed by atoms with Crippen molar-refractivity contribution in [3.8, 4) is 0 Å². The highest BCUT2D eigenvalue weighted by atomic mass is 127. The number of guanidine groups is 1. The van der Waals surface area contributed by atoms with Gasteiger partial charge < -0.3 is 20.3 Å². The first kappa shape index (κ1) is 23.9. The molecule has 0 radical (unpaired) electrons. The molecule has 6 heteroatoms. The van der Waals surface area contributed by atoms with E-state index in [0.717, 1.165) is 57.6 Å². The van der Waals surface area contributed by atoms with Gasteiger partial charge in [-0.2, -0.15) is 0 Å². The van der Waals surface area contributed by atoms with Gasteiger partial charge in [-0.25, -0.2) is 0 Å². The molecule has 0 amide bonds. The predicted molar refractivity (Wildman–Crippen MR) is 115 cm³/mol. The average molecular weight is 454 g/mol. The van der Waals surface area contributed by atoms with Gasteiger partial charge in [-0.15, -0.1) is 24.0 Å². The highest BCUT2D eigenvalue weighted by molar-refractivity contribution is 14.0. The molecule has 0 aliphatic carbocycles. The van der Waals surface area contributed by atoms with Crippen molar-refractivity contribution in [1.29, 1.82) is 0 Å². The lowest BCUT2D eigenvalue weighted by atomic mass is 10.1. The molecule has 1 unspecified atom stereocenters. The van der Waals surface area contributed by atoms with Crippen LogP contribution in [0.15, 0.2) is 4.99 Å². The molecule has 1 aliphatic heterocycles. The fraction of sp³-hybridized carbons (Fsp3) is 0.944. The van der Waals surface area contributed by atoms with Crippen LogP contribution in [0.5, 0.6) is 0 Å². The Hall–Kier alpha value is -0.0800. The molecule has 0 spiro atoms. The second kappa shape index (κ2) is 16.4. The van der Waals surface area contributed by atoms with Crippen LogP contribution in [0, 0.1) is 5.92 Å². The summed E-state index contributed by atoms with van der Waals surface area (Å²) < 4.78 is 5.59. The molecule has 1 atom stereocenters. The number of halogens is 1. The Morgan fingerprint density at radius 2 is 1.92 bits per heavy atom. The van der Waals surface area contributed by atoms with Gasteiger partial charge in [0.25, 0.3) is 0 Å². The molecule has 5 nitrogen and oxygen atoms in total. The van der Waals surface area contributed by atoms with Gasteiger partial charge in [0, 0.05) is 39.4 Å². The maximum absolute atomic E-state index is 5.59. The van der Waals surface area contributed by atoms with E-state index in [-0.39, 0.29) is 24.0 Å². The Morgan fingerprint density at radius 3 is 2.62 bits per heavy atom.